The minimum absolute atomic E-state index is 0.251. The second-order valence-corrected chi connectivity index (χ2v) is 3.50. The van der Waals surface area contributed by atoms with Crippen molar-refractivity contribution in [2.45, 2.75) is 0 Å². The Morgan fingerprint density at radius 1 is 0.941 bits per heavy atom. The van der Waals surface area contributed by atoms with Gasteiger partial charge in [0, 0.05) is 29.1 Å². The van der Waals surface area contributed by atoms with Crippen molar-refractivity contribution in [1.29, 1.82) is 0 Å². The summed E-state index contributed by atoms with van der Waals surface area (Å²) in [6, 6.07) is 9.38. The molecule has 0 atom stereocenters. The maximum Gasteiger partial charge on any atom is 0.255 e. The van der Waals surface area contributed by atoms with Gasteiger partial charge < -0.3 is 0 Å². The van der Waals surface area contributed by atoms with Gasteiger partial charge in [0.05, 0.1) is 0 Å². The molecule has 0 N–H and O–H groups in total. The summed E-state index contributed by atoms with van der Waals surface area (Å²) in [6.45, 7) is 0. The third-order valence-corrected chi connectivity index (χ3v) is 2.35. The third kappa shape index (κ3) is 2.20. The Kier molecular flexibility index (Phi) is 2.96. The molecule has 0 saturated heterocycles. The number of carbonyl (C=O) groups is 2. The number of pyridine rings is 1. The zero-order chi connectivity index (χ0) is 12.3. The number of aldehydes is 2. The average molecular weight is 227 g/mol. The van der Waals surface area contributed by atoms with Gasteiger partial charge in [-0.05, 0) is 18.2 Å². The number of hydrogen-bond acceptors (Lipinski definition) is 3. The van der Waals surface area contributed by atoms with Crippen molar-refractivity contribution in [1.82, 2.24) is 4.57 Å². The molecule has 0 saturated carbocycles. The molecule has 4 nitrogen and oxygen atoms in total. The fourth-order valence-corrected chi connectivity index (χ4v) is 1.52. The number of rotatable bonds is 3. The zero-order valence-corrected chi connectivity index (χ0v) is 8.87. The van der Waals surface area contributed by atoms with Gasteiger partial charge in [-0.2, -0.15) is 0 Å². The summed E-state index contributed by atoms with van der Waals surface area (Å²) in [6.07, 6.45) is 2.82. The van der Waals surface area contributed by atoms with Crippen LogP contribution in [0.25, 0.3) is 5.69 Å². The molecule has 1 aromatic carbocycles. The number of carbonyl (C=O) groups excluding carboxylic acids is 2. The average Bonchev–Trinajstić information content (AvgIpc) is 2.39. The molecule has 0 aliphatic rings. The Labute approximate surface area is 97.1 Å². The van der Waals surface area contributed by atoms with Crippen LogP contribution < -0.4 is 5.56 Å². The van der Waals surface area contributed by atoms with Gasteiger partial charge in [0.2, 0.25) is 0 Å². The summed E-state index contributed by atoms with van der Waals surface area (Å²) in [5.74, 6) is 0. The lowest BCUT2D eigenvalue weighted by atomic mass is 10.2. The van der Waals surface area contributed by atoms with Gasteiger partial charge in [-0.25, -0.2) is 0 Å². The van der Waals surface area contributed by atoms with Gasteiger partial charge in [0.15, 0.2) is 6.29 Å². The van der Waals surface area contributed by atoms with Crippen molar-refractivity contribution in [3.8, 4) is 5.69 Å². The van der Waals surface area contributed by atoms with Gasteiger partial charge >= 0.3 is 0 Å². The Hall–Kier alpha value is -2.49. The van der Waals surface area contributed by atoms with E-state index in [9.17, 15) is 14.4 Å². The molecule has 84 valence electrons. The normalized spacial score (nSPS) is 9.88. The predicted molar refractivity (Wildman–Crippen MR) is 62.8 cm³/mol. The van der Waals surface area contributed by atoms with Gasteiger partial charge in [0.25, 0.3) is 5.56 Å². The minimum atomic E-state index is -0.251. The number of hydrogen-bond donors (Lipinski definition) is 0. The van der Waals surface area contributed by atoms with Crippen molar-refractivity contribution in [3.05, 3.63) is 64.1 Å². The van der Waals surface area contributed by atoms with E-state index >= 15 is 0 Å². The molecule has 4 heteroatoms. The van der Waals surface area contributed by atoms with Crippen LogP contribution in [0, 0.1) is 0 Å². The van der Waals surface area contributed by atoms with Gasteiger partial charge in [-0.15, -0.1) is 0 Å². The second kappa shape index (κ2) is 4.57. The van der Waals surface area contributed by atoms with Crippen LogP contribution in [0.1, 0.15) is 20.7 Å². The van der Waals surface area contributed by atoms with Gasteiger partial charge in [-0.3, -0.25) is 19.0 Å². The highest BCUT2D eigenvalue weighted by Crippen LogP contribution is 2.07. The largest absolute Gasteiger partial charge is 0.298 e. The number of benzene rings is 1. The van der Waals surface area contributed by atoms with Crippen LogP contribution in [0.15, 0.2) is 47.4 Å². The molecule has 0 aliphatic heterocycles. The molecular weight excluding hydrogens is 218 g/mol. The summed E-state index contributed by atoms with van der Waals surface area (Å²) in [7, 11) is 0. The Morgan fingerprint density at radius 3 is 2.41 bits per heavy atom. The van der Waals surface area contributed by atoms with Crippen LogP contribution in [0.2, 0.25) is 0 Å². The van der Waals surface area contributed by atoms with Crippen molar-refractivity contribution < 1.29 is 9.59 Å². The van der Waals surface area contributed by atoms with Crippen LogP contribution in [-0.2, 0) is 0 Å². The molecule has 0 bridgehead atoms. The van der Waals surface area contributed by atoms with Crippen LogP contribution in [-0.4, -0.2) is 17.1 Å². The highest BCUT2D eigenvalue weighted by Gasteiger charge is 2.01. The van der Waals surface area contributed by atoms with Crippen molar-refractivity contribution in [2.24, 2.45) is 0 Å². The lowest BCUT2D eigenvalue weighted by molar-refractivity contribution is 0.111. The highest BCUT2D eigenvalue weighted by molar-refractivity contribution is 5.76. The van der Waals surface area contributed by atoms with E-state index in [0.29, 0.717) is 29.4 Å². The summed E-state index contributed by atoms with van der Waals surface area (Å²) in [4.78, 5) is 33.0. The first kappa shape index (κ1) is 11.0. The first-order chi connectivity index (χ1) is 8.24. The molecule has 2 aromatic rings. The molecular formula is C13H9NO3. The van der Waals surface area contributed by atoms with Gasteiger partial charge in [0.1, 0.15) is 6.29 Å². The van der Waals surface area contributed by atoms with Crippen LogP contribution >= 0.6 is 0 Å². The van der Waals surface area contributed by atoms with E-state index in [4.69, 9.17) is 0 Å². The predicted octanol–water partition coefficient (Wildman–Crippen LogP) is 1.46. The molecule has 0 fully saturated rings. The highest BCUT2D eigenvalue weighted by atomic mass is 16.1. The monoisotopic (exact) mass is 227 g/mol. The Balaban J connectivity index is 2.62. The maximum atomic E-state index is 11.6. The third-order valence-electron chi connectivity index (χ3n) is 2.35. The second-order valence-electron chi connectivity index (χ2n) is 3.50. The van der Waals surface area contributed by atoms with E-state index in [0.717, 1.165) is 0 Å². The van der Waals surface area contributed by atoms with Crippen molar-refractivity contribution in [2.75, 3.05) is 0 Å². The van der Waals surface area contributed by atoms with Crippen molar-refractivity contribution in [3.63, 3.8) is 0 Å². The summed E-state index contributed by atoms with van der Waals surface area (Å²) in [5, 5.41) is 0. The molecule has 0 spiro atoms. The molecule has 0 aliphatic carbocycles. The molecule has 17 heavy (non-hydrogen) atoms. The SMILES string of the molecule is O=Cc1cccc(-n2cc(C=O)ccc2=O)c1. The number of nitrogens with zero attached hydrogens (tertiary/aromatic N) is 1. The summed E-state index contributed by atoms with van der Waals surface area (Å²) >= 11 is 0. The van der Waals surface area contributed by atoms with E-state index < -0.39 is 0 Å². The van der Waals surface area contributed by atoms with Gasteiger partial charge in [-0.1, -0.05) is 12.1 Å². The lowest BCUT2D eigenvalue weighted by Crippen LogP contribution is -2.17. The fraction of sp³-hybridized carbons (Fsp3) is 0. The number of aromatic nitrogens is 1. The maximum absolute atomic E-state index is 11.6. The molecule has 1 aromatic heterocycles. The van der Waals surface area contributed by atoms with E-state index in [1.165, 1.54) is 22.9 Å². The summed E-state index contributed by atoms with van der Waals surface area (Å²) < 4.78 is 1.33. The van der Waals surface area contributed by atoms with E-state index in [1.54, 1.807) is 24.3 Å². The quantitative estimate of drug-likeness (QED) is 0.746. The topological polar surface area (TPSA) is 56.1 Å². The molecule has 0 radical (unpaired) electrons. The van der Waals surface area contributed by atoms with Crippen LogP contribution in [0.4, 0.5) is 0 Å². The molecule has 0 unspecified atom stereocenters. The lowest BCUT2D eigenvalue weighted by Gasteiger charge is -2.06. The first-order valence-electron chi connectivity index (χ1n) is 4.98. The van der Waals surface area contributed by atoms with E-state index in [1.807, 2.05) is 0 Å². The van der Waals surface area contributed by atoms with Crippen molar-refractivity contribution >= 4 is 12.6 Å². The molecule has 0 amide bonds. The van der Waals surface area contributed by atoms with E-state index in [-0.39, 0.29) is 5.56 Å². The van der Waals surface area contributed by atoms with E-state index in [2.05, 4.69) is 0 Å². The summed E-state index contributed by atoms with van der Waals surface area (Å²) in [5.41, 5.74) is 1.19. The Morgan fingerprint density at radius 2 is 1.71 bits per heavy atom. The fourth-order valence-electron chi connectivity index (χ4n) is 1.52. The molecule has 2 rings (SSSR count). The zero-order valence-electron chi connectivity index (χ0n) is 8.87. The first-order valence-corrected chi connectivity index (χ1v) is 4.98. The standard InChI is InChI=1S/C13H9NO3/c15-8-10-2-1-3-12(6-10)14-7-11(9-16)4-5-13(14)17/h1-9H. The molecule has 1 heterocycles. The van der Waals surface area contributed by atoms with Crippen LogP contribution in [0.3, 0.4) is 0 Å². The van der Waals surface area contributed by atoms with Crippen LogP contribution in [0.5, 0.6) is 0 Å². The smallest absolute Gasteiger partial charge is 0.255 e. The minimum Gasteiger partial charge on any atom is -0.298 e. The Bertz CT molecular complexity index is 629.